The largest absolute Gasteiger partial charge is 0.409 e. The molecule has 3 saturated carbocycles. The second-order valence-electron chi connectivity index (χ2n) is 6.12. The lowest BCUT2D eigenvalue weighted by Gasteiger charge is -2.19. The first kappa shape index (κ1) is 11.8. The molecule has 4 N–H and O–H groups in total. The van der Waals surface area contributed by atoms with Crippen LogP contribution in [0.15, 0.2) is 5.16 Å². The second kappa shape index (κ2) is 4.14. The summed E-state index contributed by atoms with van der Waals surface area (Å²) in [6.07, 6.45) is 6.69. The summed E-state index contributed by atoms with van der Waals surface area (Å²) < 4.78 is 0. The van der Waals surface area contributed by atoms with Crippen molar-refractivity contribution in [1.29, 1.82) is 0 Å². The highest BCUT2D eigenvalue weighted by molar-refractivity contribution is 6.09. The van der Waals surface area contributed by atoms with Crippen molar-refractivity contribution in [3.05, 3.63) is 0 Å². The van der Waals surface area contributed by atoms with Gasteiger partial charge < -0.3 is 16.3 Å². The molecule has 3 aliphatic carbocycles. The average molecular weight is 251 g/mol. The third-order valence-electron chi connectivity index (χ3n) is 4.74. The SMILES string of the molecule is NC(=NO)C1(C(=O)NCC(C2CC2)C2CC2)CC1. The molecule has 0 spiro atoms. The monoisotopic (exact) mass is 251 g/mol. The lowest BCUT2D eigenvalue weighted by Crippen LogP contribution is -2.42. The number of nitrogens with two attached hydrogens (primary N) is 1. The number of carbonyl (C=O) groups is 1. The number of oxime groups is 1. The van der Waals surface area contributed by atoms with Crippen LogP contribution in [-0.4, -0.2) is 23.5 Å². The molecular weight excluding hydrogens is 230 g/mol. The molecule has 100 valence electrons. The third kappa shape index (κ3) is 2.06. The second-order valence-corrected chi connectivity index (χ2v) is 6.12. The van der Waals surface area contributed by atoms with E-state index in [0.29, 0.717) is 18.8 Å². The van der Waals surface area contributed by atoms with Gasteiger partial charge in [0, 0.05) is 6.54 Å². The molecule has 0 aromatic heterocycles. The van der Waals surface area contributed by atoms with Crippen LogP contribution >= 0.6 is 0 Å². The fourth-order valence-corrected chi connectivity index (χ4v) is 2.97. The van der Waals surface area contributed by atoms with E-state index in [-0.39, 0.29) is 11.7 Å². The molecule has 5 nitrogen and oxygen atoms in total. The molecule has 0 atom stereocenters. The van der Waals surface area contributed by atoms with Gasteiger partial charge in [-0.2, -0.15) is 0 Å². The fraction of sp³-hybridized carbons (Fsp3) is 0.846. The Balaban J connectivity index is 1.55. The highest BCUT2D eigenvalue weighted by Gasteiger charge is 2.54. The Morgan fingerprint density at radius 1 is 1.33 bits per heavy atom. The maximum Gasteiger partial charge on any atom is 0.233 e. The van der Waals surface area contributed by atoms with Crippen LogP contribution in [0, 0.1) is 23.2 Å². The van der Waals surface area contributed by atoms with Crippen molar-refractivity contribution < 1.29 is 10.0 Å². The van der Waals surface area contributed by atoms with E-state index < -0.39 is 5.41 Å². The molecule has 5 heteroatoms. The third-order valence-corrected chi connectivity index (χ3v) is 4.74. The topological polar surface area (TPSA) is 87.7 Å². The molecule has 3 rings (SSSR count). The number of amidine groups is 1. The summed E-state index contributed by atoms with van der Waals surface area (Å²) in [5, 5.41) is 14.7. The lowest BCUT2D eigenvalue weighted by molar-refractivity contribution is -0.124. The van der Waals surface area contributed by atoms with Gasteiger partial charge in [0.15, 0.2) is 5.84 Å². The Kier molecular flexibility index (Phi) is 2.72. The van der Waals surface area contributed by atoms with Gasteiger partial charge in [-0.25, -0.2) is 0 Å². The van der Waals surface area contributed by atoms with Gasteiger partial charge in [-0.15, -0.1) is 0 Å². The van der Waals surface area contributed by atoms with Gasteiger partial charge >= 0.3 is 0 Å². The van der Waals surface area contributed by atoms with Crippen LogP contribution in [0.1, 0.15) is 38.5 Å². The molecule has 18 heavy (non-hydrogen) atoms. The maximum absolute atomic E-state index is 12.1. The molecule has 0 aromatic carbocycles. The summed E-state index contributed by atoms with van der Waals surface area (Å²) >= 11 is 0. The minimum Gasteiger partial charge on any atom is -0.409 e. The highest BCUT2D eigenvalue weighted by Crippen LogP contribution is 2.49. The van der Waals surface area contributed by atoms with E-state index in [0.717, 1.165) is 18.4 Å². The zero-order chi connectivity index (χ0) is 12.8. The van der Waals surface area contributed by atoms with Crippen LogP contribution in [0.4, 0.5) is 0 Å². The van der Waals surface area contributed by atoms with Crippen LogP contribution in [0.2, 0.25) is 0 Å². The highest BCUT2D eigenvalue weighted by atomic mass is 16.4. The van der Waals surface area contributed by atoms with Gasteiger partial charge in [0.2, 0.25) is 5.91 Å². The number of carbonyl (C=O) groups excluding carboxylic acids is 1. The van der Waals surface area contributed by atoms with E-state index in [2.05, 4.69) is 10.5 Å². The number of hydrogen-bond acceptors (Lipinski definition) is 3. The van der Waals surface area contributed by atoms with Crippen LogP contribution < -0.4 is 11.1 Å². The maximum atomic E-state index is 12.1. The molecule has 3 fully saturated rings. The summed E-state index contributed by atoms with van der Waals surface area (Å²) in [6.45, 7) is 0.772. The van der Waals surface area contributed by atoms with E-state index in [9.17, 15) is 4.79 Å². The van der Waals surface area contributed by atoms with E-state index >= 15 is 0 Å². The molecule has 0 saturated heterocycles. The van der Waals surface area contributed by atoms with Crippen molar-refractivity contribution in [2.45, 2.75) is 38.5 Å². The molecule has 0 bridgehead atoms. The number of nitrogens with zero attached hydrogens (tertiary/aromatic N) is 1. The average Bonchev–Trinajstić information content (AvgIpc) is 3.23. The van der Waals surface area contributed by atoms with Crippen LogP contribution in [0.5, 0.6) is 0 Å². The molecule has 0 aliphatic heterocycles. The first-order chi connectivity index (χ1) is 8.67. The smallest absolute Gasteiger partial charge is 0.233 e. The molecular formula is C13H21N3O2. The van der Waals surface area contributed by atoms with Gasteiger partial charge in [0.1, 0.15) is 5.41 Å². The summed E-state index contributed by atoms with van der Waals surface area (Å²) in [6, 6.07) is 0. The molecule has 0 aromatic rings. The van der Waals surface area contributed by atoms with E-state index in [1.807, 2.05) is 0 Å². The molecule has 0 radical (unpaired) electrons. The summed E-state index contributed by atoms with van der Waals surface area (Å²) in [5.74, 6) is 2.34. The van der Waals surface area contributed by atoms with E-state index in [4.69, 9.17) is 10.9 Å². The summed E-state index contributed by atoms with van der Waals surface area (Å²) in [7, 11) is 0. The Morgan fingerprint density at radius 2 is 1.89 bits per heavy atom. The van der Waals surface area contributed by atoms with E-state index in [1.165, 1.54) is 25.7 Å². The molecule has 3 aliphatic rings. The molecule has 0 unspecified atom stereocenters. The Hall–Kier alpha value is -1.26. The normalized spacial score (nSPS) is 26.2. The van der Waals surface area contributed by atoms with Crippen LogP contribution in [0.3, 0.4) is 0 Å². The van der Waals surface area contributed by atoms with Crippen molar-refractivity contribution in [3.63, 3.8) is 0 Å². The summed E-state index contributed by atoms with van der Waals surface area (Å²) in [5.41, 5.74) is 4.90. The minimum absolute atomic E-state index is 0.0518. The molecule has 0 heterocycles. The first-order valence-electron chi connectivity index (χ1n) is 6.93. The van der Waals surface area contributed by atoms with Crippen molar-refractivity contribution >= 4 is 11.7 Å². The van der Waals surface area contributed by atoms with Crippen molar-refractivity contribution in [3.8, 4) is 0 Å². The van der Waals surface area contributed by atoms with Gasteiger partial charge in [0.25, 0.3) is 0 Å². The Morgan fingerprint density at radius 3 is 2.28 bits per heavy atom. The fourth-order valence-electron chi connectivity index (χ4n) is 2.97. The Labute approximate surface area is 107 Å². The number of rotatable bonds is 6. The molecule has 1 amide bonds. The van der Waals surface area contributed by atoms with Crippen LogP contribution in [0.25, 0.3) is 0 Å². The van der Waals surface area contributed by atoms with Crippen LogP contribution in [-0.2, 0) is 4.79 Å². The van der Waals surface area contributed by atoms with Gasteiger partial charge in [-0.1, -0.05) is 5.16 Å². The number of amides is 1. The van der Waals surface area contributed by atoms with E-state index in [1.54, 1.807) is 0 Å². The quantitative estimate of drug-likeness (QED) is 0.285. The standard InChI is InChI=1S/C13H21N3O2/c14-11(16-18)13(5-6-13)12(17)15-7-10(8-1-2-8)9-3-4-9/h8-10,18H,1-7H2,(H2,14,16)(H,15,17). The predicted octanol–water partition coefficient (Wildman–Crippen LogP) is 1.07. The van der Waals surface area contributed by atoms with Gasteiger partial charge in [-0.05, 0) is 56.3 Å². The Bertz CT molecular complexity index is 370. The lowest BCUT2D eigenvalue weighted by atomic mass is 9.97. The zero-order valence-electron chi connectivity index (χ0n) is 10.6. The van der Waals surface area contributed by atoms with Gasteiger partial charge in [-0.3, -0.25) is 4.79 Å². The van der Waals surface area contributed by atoms with Crippen molar-refractivity contribution in [1.82, 2.24) is 5.32 Å². The predicted molar refractivity (Wildman–Crippen MR) is 67.0 cm³/mol. The first-order valence-corrected chi connectivity index (χ1v) is 6.93. The number of hydrogen-bond donors (Lipinski definition) is 3. The van der Waals surface area contributed by atoms with Crippen molar-refractivity contribution in [2.24, 2.45) is 34.1 Å². The number of nitrogens with one attached hydrogen (secondary N) is 1. The zero-order valence-corrected chi connectivity index (χ0v) is 10.6. The minimum atomic E-state index is -0.702. The van der Waals surface area contributed by atoms with Crippen molar-refractivity contribution in [2.75, 3.05) is 6.54 Å². The van der Waals surface area contributed by atoms with Gasteiger partial charge in [0.05, 0.1) is 0 Å². The summed E-state index contributed by atoms with van der Waals surface area (Å²) in [4.78, 5) is 12.1.